The normalized spacial score (nSPS) is 14.9. The average molecular weight is 733 g/mol. The molecule has 0 heterocycles. The van der Waals surface area contributed by atoms with Crippen molar-refractivity contribution in [3.63, 3.8) is 0 Å². The Morgan fingerprint density at radius 2 is 0.822 bits per heavy atom. The SMILES string of the molecule is Cc1cc(NC(=O)NCC(C)[Si](C)(O[Si](C)(C)C)O[Si](C)(C)C)cc(NC(=O)NCC(C)[Si](C)(O[Si](C)(C)C)O[Si](C)(C)C)c1. The molecule has 2 atom stereocenters. The zero-order valence-electron chi connectivity index (χ0n) is 31.3. The number of anilines is 2. The van der Waals surface area contributed by atoms with E-state index < -0.39 is 50.4 Å². The van der Waals surface area contributed by atoms with E-state index in [-0.39, 0.29) is 23.1 Å². The number of rotatable bonds is 16. The third-order valence-corrected chi connectivity index (χ3v) is 26.8. The molecular formula is C29H64N4O6Si6. The molecule has 260 valence electrons. The van der Waals surface area contributed by atoms with Crippen molar-refractivity contribution in [3.8, 4) is 0 Å². The van der Waals surface area contributed by atoms with E-state index in [0.29, 0.717) is 24.5 Å². The Balaban J connectivity index is 2.88. The van der Waals surface area contributed by atoms with Gasteiger partial charge in [-0.2, -0.15) is 0 Å². The minimum atomic E-state index is -2.55. The predicted molar refractivity (Wildman–Crippen MR) is 205 cm³/mol. The minimum absolute atomic E-state index is 0.0553. The van der Waals surface area contributed by atoms with E-state index in [1.165, 1.54) is 0 Å². The van der Waals surface area contributed by atoms with E-state index in [2.05, 4.69) is 127 Å². The summed E-state index contributed by atoms with van der Waals surface area (Å²) in [5.41, 5.74) is 2.20. The van der Waals surface area contributed by atoms with Crippen LogP contribution in [0.5, 0.6) is 0 Å². The number of benzene rings is 1. The van der Waals surface area contributed by atoms with Crippen LogP contribution in [0.1, 0.15) is 19.4 Å². The Labute approximate surface area is 280 Å². The largest absolute Gasteiger partial charge is 0.436 e. The van der Waals surface area contributed by atoms with Gasteiger partial charge in [0.1, 0.15) is 0 Å². The van der Waals surface area contributed by atoms with Crippen LogP contribution in [0.3, 0.4) is 0 Å². The number of amides is 4. The second-order valence-electron chi connectivity index (χ2n) is 16.4. The molecule has 1 aromatic rings. The first-order valence-electron chi connectivity index (χ1n) is 16.0. The van der Waals surface area contributed by atoms with Gasteiger partial charge < -0.3 is 37.7 Å². The Bertz CT molecular complexity index is 1030. The van der Waals surface area contributed by atoms with Crippen molar-refractivity contribution in [2.75, 3.05) is 23.7 Å². The van der Waals surface area contributed by atoms with Gasteiger partial charge in [0.05, 0.1) is 0 Å². The summed E-state index contributed by atoms with van der Waals surface area (Å²) in [7, 11) is -12.5. The molecule has 0 spiro atoms. The van der Waals surface area contributed by atoms with E-state index in [1.54, 1.807) is 6.07 Å². The van der Waals surface area contributed by atoms with Crippen molar-refractivity contribution in [2.45, 2.75) is 124 Å². The molecule has 16 heteroatoms. The molecule has 0 saturated heterocycles. The first-order chi connectivity index (χ1) is 20.0. The highest BCUT2D eigenvalue weighted by molar-refractivity contribution is 6.89. The second-order valence-corrected chi connectivity index (χ2v) is 42.6. The van der Waals surface area contributed by atoms with Crippen LogP contribution in [0.25, 0.3) is 0 Å². The molecule has 4 amide bonds. The number of hydrogen-bond acceptors (Lipinski definition) is 6. The van der Waals surface area contributed by atoms with Crippen LogP contribution in [-0.2, 0) is 16.5 Å². The van der Waals surface area contributed by atoms with E-state index in [9.17, 15) is 9.59 Å². The lowest BCUT2D eigenvalue weighted by Crippen LogP contribution is -2.56. The van der Waals surface area contributed by atoms with Gasteiger partial charge in [0.2, 0.25) is 0 Å². The highest BCUT2D eigenvalue weighted by atomic mass is 28.5. The average Bonchev–Trinajstić information content (AvgIpc) is 2.75. The topological polar surface area (TPSA) is 119 Å². The summed E-state index contributed by atoms with van der Waals surface area (Å²) >= 11 is 0. The Hall–Kier alpha value is -1.10. The lowest BCUT2D eigenvalue weighted by molar-refractivity contribution is 0.250. The minimum Gasteiger partial charge on any atom is -0.436 e. The van der Waals surface area contributed by atoms with Gasteiger partial charge in [-0.15, -0.1) is 0 Å². The van der Waals surface area contributed by atoms with Crippen LogP contribution in [0, 0.1) is 6.92 Å². The zero-order chi connectivity index (χ0) is 35.2. The van der Waals surface area contributed by atoms with Crippen molar-refractivity contribution in [2.24, 2.45) is 0 Å². The first-order valence-corrected chi connectivity index (χ1v) is 34.4. The van der Waals surface area contributed by atoms with Gasteiger partial charge in [0.25, 0.3) is 0 Å². The van der Waals surface area contributed by atoms with Crippen LogP contribution in [0.4, 0.5) is 21.0 Å². The fraction of sp³-hybridized carbons (Fsp3) is 0.724. The number of carbonyl (C=O) groups excluding carboxylic acids is 2. The fourth-order valence-corrected chi connectivity index (χ4v) is 29.7. The molecule has 0 aliphatic heterocycles. The summed E-state index contributed by atoms with van der Waals surface area (Å²) in [5.74, 6) is 0. The maximum Gasteiger partial charge on any atom is 0.319 e. The number of hydrogen-bond donors (Lipinski definition) is 4. The van der Waals surface area contributed by atoms with E-state index in [1.807, 2.05) is 19.1 Å². The summed E-state index contributed by atoms with van der Waals surface area (Å²) in [5, 5.41) is 11.9. The smallest absolute Gasteiger partial charge is 0.319 e. The lowest BCUT2D eigenvalue weighted by Gasteiger charge is -2.42. The predicted octanol–water partition coefficient (Wildman–Crippen LogP) is 8.57. The third kappa shape index (κ3) is 17.0. The molecule has 45 heavy (non-hydrogen) atoms. The van der Waals surface area contributed by atoms with Crippen molar-refractivity contribution in [1.82, 2.24) is 10.6 Å². The Kier molecular flexibility index (Phi) is 14.8. The molecule has 2 unspecified atom stereocenters. The van der Waals surface area contributed by atoms with Crippen LogP contribution >= 0.6 is 0 Å². The molecule has 0 aliphatic carbocycles. The molecule has 0 aromatic heterocycles. The summed E-state index contributed by atoms with van der Waals surface area (Å²) in [6, 6.07) is 4.86. The quantitative estimate of drug-likeness (QED) is 0.127. The molecule has 1 aromatic carbocycles. The second kappa shape index (κ2) is 15.9. The molecule has 10 nitrogen and oxygen atoms in total. The van der Waals surface area contributed by atoms with Crippen LogP contribution < -0.4 is 21.3 Å². The first kappa shape index (κ1) is 41.9. The van der Waals surface area contributed by atoms with Gasteiger partial charge >= 0.3 is 29.2 Å². The van der Waals surface area contributed by atoms with Gasteiger partial charge in [-0.25, -0.2) is 9.59 Å². The van der Waals surface area contributed by atoms with Crippen molar-refractivity contribution >= 4 is 73.8 Å². The van der Waals surface area contributed by atoms with Crippen LogP contribution in [0.2, 0.25) is 103 Å². The summed E-state index contributed by atoms with van der Waals surface area (Å²) in [6.07, 6.45) is 0. The van der Waals surface area contributed by atoms with Crippen molar-refractivity contribution < 1.29 is 26.0 Å². The molecule has 4 N–H and O–H groups in total. The summed E-state index contributed by atoms with van der Waals surface area (Å²) in [6.45, 7) is 37.3. The van der Waals surface area contributed by atoms with Gasteiger partial charge in [-0.3, -0.25) is 0 Å². The van der Waals surface area contributed by atoms with Crippen molar-refractivity contribution in [3.05, 3.63) is 23.8 Å². The van der Waals surface area contributed by atoms with E-state index in [4.69, 9.17) is 16.5 Å². The molecule has 0 saturated carbocycles. The maximum absolute atomic E-state index is 12.9. The standard InChI is InChI=1S/C29H64N4O6Si6/c1-23-18-26(32-28(34)30-21-24(2)44(16,36-40(4,5)6)37-41(7,8)9)20-27(19-23)33-29(35)31-22-25(3)45(17,38-42(10,11)12)39-43(13,14)15/h18-20,24-25H,21-22H2,1-17H3,(H2,30,32,34)(H2,31,33,35). The number of aryl methyl sites for hydroxylation is 1. The zero-order valence-corrected chi connectivity index (χ0v) is 37.3. The molecule has 1 rings (SSSR count). The molecule has 0 fully saturated rings. The fourth-order valence-electron chi connectivity index (χ4n) is 5.02. The van der Waals surface area contributed by atoms with Crippen LogP contribution in [-0.4, -0.2) is 75.5 Å². The Morgan fingerprint density at radius 1 is 0.556 bits per heavy atom. The lowest BCUT2D eigenvalue weighted by atomic mass is 10.2. The highest BCUT2D eigenvalue weighted by Gasteiger charge is 2.46. The summed E-state index contributed by atoms with van der Waals surface area (Å²) in [4.78, 5) is 25.9. The molecular weight excluding hydrogens is 669 g/mol. The number of urea groups is 2. The summed E-state index contributed by atoms with van der Waals surface area (Å²) < 4.78 is 26.6. The monoisotopic (exact) mass is 732 g/mol. The third-order valence-electron chi connectivity index (χ3n) is 6.56. The Morgan fingerprint density at radius 3 is 1.07 bits per heavy atom. The maximum atomic E-state index is 12.9. The molecule has 0 aliphatic rings. The van der Waals surface area contributed by atoms with Gasteiger partial charge in [0, 0.05) is 35.5 Å². The number of carbonyl (C=O) groups is 2. The van der Waals surface area contributed by atoms with Gasteiger partial charge in [-0.1, -0.05) is 13.8 Å². The number of nitrogens with one attached hydrogen (secondary N) is 4. The highest BCUT2D eigenvalue weighted by Crippen LogP contribution is 2.32. The van der Waals surface area contributed by atoms with E-state index >= 15 is 0 Å². The van der Waals surface area contributed by atoms with Crippen molar-refractivity contribution in [1.29, 1.82) is 0 Å². The van der Waals surface area contributed by atoms with E-state index in [0.717, 1.165) is 5.56 Å². The van der Waals surface area contributed by atoms with Crippen LogP contribution in [0.15, 0.2) is 18.2 Å². The molecule has 0 bridgehead atoms. The molecule has 0 radical (unpaired) electrons. The van der Waals surface area contributed by atoms with Gasteiger partial charge in [-0.05, 0) is 122 Å². The van der Waals surface area contributed by atoms with Gasteiger partial charge in [0.15, 0.2) is 33.3 Å².